The average molecular weight is 259 g/mol. The summed E-state index contributed by atoms with van der Waals surface area (Å²) in [5, 5.41) is 1.59. The molecule has 3 nitrogen and oxygen atoms in total. The first-order valence-electron chi connectivity index (χ1n) is 5.04. The molecule has 1 rings (SSSR count). The number of aromatic nitrogens is 1. The van der Waals surface area contributed by atoms with E-state index in [-0.39, 0.29) is 5.91 Å². The molecule has 0 unspecified atom stereocenters. The maximum atomic E-state index is 11.3. The van der Waals surface area contributed by atoms with Gasteiger partial charge in [0.15, 0.2) is 0 Å². The number of thioether (sulfide) groups is 1. The largest absolute Gasteiger partial charge is 0.349 e. The summed E-state index contributed by atoms with van der Waals surface area (Å²) in [6.45, 7) is 0. The fraction of sp³-hybridized carbons (Fsp3) is 0.455. The Balaban J connectivity index is 2.21. The van der Waals surface area contributed by atoms with Crippen LogP contribution in [0.3, 0.4) is 0 Å². The predicted molar refractivity (Wildman–Crippen MR) is 67.9 cm³/mol. The van der Waals surface area contributed by atoms with Crippen molar-refractivity contribution >= 4 is 29.3 Å². The Hall–Kier alpha value is -0.740. The van der Waals surface area contributed by atoms with E-state index in [2.05, 4.69) is 4.98 Å². The van der Waals surface area contributed by atoms with Gasteiger partial charge in [0.25, 0.3) is 0 Å². The highest BCUT2D eigenvalue weighted by molar-refractivity contribution is 7.99. The van der Waals surface area contributed by atoms with E-state index in [4.69, 9.17) is 11.6 Å². The minimum absolute atomic E-state index is 0.171. The molecule has 0 aliphatic heterocycles. The minimum Gasteiger partial charge on any atom is -0.349 e. The summed E-state index contributed by atoms with van der Waals surface area (Å²) in [7, 11) is 3.55. The van der Waals surface area contributed by atoms with Crippen molar-refractivity contribution in [3.8, 4) is 0 Å². The zero-order valence-corrected chi connectivity index (χ0v) is 11.0. The first kappa shape index (κ1) is 13.3. The van der Waals surface area contributed by atoms with Gasteiger partial charge in [0.05, 0.1) is 10.0 Å². The summed E-state index contributed by atoms with van der Waals surface area (Å²) in [4.78, 5) is 17.1. The molecule has 0 aliphatic rings. The topological polar surface area (TPSA) is 33.2 Å². The normalized spacial score (nSPS) is 10.2. The van der Waals surface area contributed by atoms with Crippen molar-refractivity contribution in [1.82, 2.24) is 9.88 Å². The molecule has 1 heterocycles. The van der Waals surface area contributed by atoms with E-state index < -0.39 is 0 Å². The second kappa shape index (κ2) is 6.76. The summed E-state index contributed by atoms with van der Waals surface area (Å²) in [6, 6.07) is 3.71. The van der Waals surface area contributed by atoms with Gasteiger partial charge in [0.1, 0.15) is 0 Å². The van der Waals surface area contributed by atoms with Crippen LogP contribution >= 0.6 is 23.4 Å². The van der Waals surface area contributed by atoms with Crippen LogP contribution in [0.15, 0.2) is 23.4 Å². The number of hydrogen-bond acceptors (Lipinski definition) is 3. The molecule has 0 saturated carbocycles. The van der Waals surface area contributed by atoms with Gasteiger partial charge in [-0.15, -0.1) is 11.8 Å². The van der Waals surface area contributed by atoms with Crippen molar-refractivity contribution in [2.45, 2.75) is 17.9 Å². The molecule has 0 bridgehead atoms. The lowest BCUT2D eigenvalue weighted by atomic mass is 10.3. The highest BCUT2D eigenvalue weighted by Gasteiger charge is 2.03. The lowest BCUT2D eigenvalue weighted by molar-refractivity contribution is -0.128. The molecule has 5 heteroatoms. The van der Waals surface area contributed by atoms with Crippen molar-refractivity contribution in [2.24, 2.45) is 0 Å². The van der Waals surface area contributed by atoms with Crippen LogP contribution in [0.25, 0.3) is 0 Å². The number of nitrogens with zero attached hydrogens (tertiary/aromatic N) is 2. The van der Waals surface area contributed by atoms with Crippen molar-refractivity contribution in [1.29, 1.82) is 0 Å². The molecule has 88 valence electrons. The molecule has 16 heavy (non-hydrogen) atoms. The SMILES string of the molecule is CN(C)C(=O)CCCSc1ccc(Cl)cn1. The molecule has 1 amide bonds. The zero-order chi connectivity index (χ0) is 12.0. The molecule has 1 aromatic rings. The zero-order valence-electron chi connectivity index (χ0n) is 9.44. The first-order valence-corrected chi connectivity index (χ1v) is 6.40. The van der Waals surface area contributed by atoms with Crippen molar-refractivity contribution in [2.75, 3.05) is 19.8 Å². The third-order valence-electron chi connectivity index (χ3n) is 1.98. The van der Waals surface area contributed by atoms with Gasteiger partial charge in [-0.2, -0.15) is 0 Å². The Morgan fingerprint density at radius 2 is 2.25 bits per heavy atom. The van der Waals surface area contributed by atoms with E-state index in [0.29, 0.717) is 11.4 Å². The lowest BCUT2D eigenvalue weighted by Gasteiger charge is -2.09. The highest BCUT2D eigenvalue weighted by atomic mass is 35.5. The van der Waals surface area contributed by atoms with Crippen LogP contribution in [0.4, 0.5) is 0 Å². The van der Waals surface area contributed by atoms with Crippen LogP contribution in [-0.4, -0.2) is 35.6 Å². The molecule has 0 spiro atoms. The average Bonchev–Trinajstić information content (AvgIpc) is 2.26. The van der Waals surface area contributed by atoms with E-state index in [1.807, 2.05) is 12.1 Å². The third kappa shape index (κ3) is 4.86. The molecular weight excluding hydrogens is 244 g/mol. The summed E-state index contributed by atoms with van der Waals surface area (Å²) < 4.78 is 0. The van der Waals surface area contributed by atoms with Crippen LogP contribution in [0.2, 0.25) is 5.02 Å². The summed E-state index contributed by atoms with van der Waals surface area (Å²) in [5.41, 5.74) is 0. The van der Waals surface area contributed by atoms with Crippen LogP contribution < -0.4 is 0 Å². The van der Waals surface area contributed by atoms with Crippen LogP contribution in [0.1, 0.15) is 12.8 Å². The molecule has 0 aliphatic carbocycles. The molecule has 0 fully saturated rings. The first-order chi connectivity index (χ1) is 7.59. The van der Waals surface area contributed by atoms with Gasteiger partial charge in [0.2, 0.25) is 5.91 Å². The number of hydrogen-bond donors (Lipinski definition) is 0. The van der Waals surface area contributed by atoms with Crippen molar-refractivity contribution in [3.63, 3.8) is 0 Å². The molecule has 1 aromatic heterocycles. The number of carbonyl (C=O) groups is 1. The monoisotopic (exact) mass is 258 g/mol. The van der Waals surface area contributed by atoms with E-state index in [0.717, 1.165) is 17.2 Å². The van der Waals surface area contributed by atoms with E-state index >= 15 is 0 Å². The molecule has 0 atom stereocenters. The van der Waals surface area contributed by atoms with Crippen molar-refractivity contribution in [3.05, 3.63) is 23.4 Å². The summed E-state index contributed by atoms with van der Waals surface area (Å²) in [6.07, 6.45) is 3.09. The molecule has 0 radical (unpaired) electrons. The van der Waals surface area contributed by atoms with E-state index in [1.165, 1.54) is 0 Å². The van der Waals surface area contributed by atoms with Gasteiger partial charge in [-0.05, 0) is 24.3 Å². The van der Waals surface area contributed by atoms with Gasteiger partial charge in [0, 0.05) is 26.7 Å². The Morgan fingerprint density at radius 1 is 1.50 bits per heavy atom. The smallest absolute Gasteiger partial charge is 0.222 e. The number of carbonyl (C=O) groups excluding carboxylic acids is 1. The highest BCUT2D eigenvalue weighted by Crippen LogP contribution is 2.18. The van der Waals surface area contributed by atoms with Crippen LogP contribution in [0, 0.1) is 0 Å². The second-order valence-electron chi connectivity index (χ2n) is 3.55. The standard InChI is InChI=1S/C11H15ClN2OS/c1-14(2)11(15)4-3-7-16-10-6-5-9(12)8-13-10/h5-6,8H,3-4,7H2,1-2H3. The molecule has 0 N–H and O–H groups in total. The quantitative estimate of drug-likeness (QED) is 0.601. The number of pyridine rings is 1. The fourth-order valence-electron chi connectivity index (χ4n) is 1.07. The van der Waals surface area contributed by atoms with Crippen LogP contribution in [-0.2, 0) is 4.79 Å². The second-order valence-corrected chi connectivity index (χ2v) is 5.11. The Bertz CT molecular complexity index is 340. The minimum atomic E-state index is 0.171. The Labute approximate surface area is 105 Å². The van der Waals surface area contributed by atoms with Crippen molar-refractivity contribution < 1.29 is 4.79 Å². The third-order valence-corrected chi connectivity index (χ3v) is 3.24. The van der Waals surface area contributed by atoms with E-state index in [1.54, 1.807) is 37.0 Å². The lowest BCUT2D eigenvalue weighted by Crippen LogP contribution is -2.21. The van der Waals surface area contributed by atoms with Gasteiger partial charge < -0.3 is 4.90 Å². The molecule has 0 aromatic carbocycles. The fourth-order valence-corrected chi connectivity index (χ4v) is 1.97. The van der Waals surface area contributed by atoms with Crippen LogP contribution in [0.5, 0.6) is 0 Å². The molecule has 0 saturated heterocycles. The number of halogens is 1. The number of rotatable bonds is 5. The molecular formula is C11H15ClN2OS. The van der Waals surface area contributed by atoms with Gasteiger partial charge in [-0.1, -0.05) is 11.6 Å². The van der Waals surface area contributed by atoms with Gasteiger partial charge in [-0.25, -0.2) is 4.98 Å². The summed E-state index contributed by atoms with van der Waals surface area (Å²) >= 11 is 7.37. The Morgan fingerprint density at radius 3 is 2.81 bits per heavy atom. The number of amides is 1. The van der Waals surface area contributed by atoms with Gasteiger partial charge >= 0.3 is 0 Å². The summed E-state index contributed by atoms with van der Waals surface area (Å²) in [5.74, 6) is 1.07. The predicted octanol–water partition coefficient (Wildman–Crippen LogP) is 2.70. The maximum absolute atomic E-state index is 11.3. The van der Waals surface area contributed by atoms with Gasteiger partial charge in [-0.3, -0.25) is 4.79 Å². The maximum Gasteiger partial charge on any atom is 0.222 e. The van der Waals surface area contributed by atoms with E-state index in [9.17, 15) is 4.79 Å². The Kier molecular flexibility index (Phi) is 5.63.